The van der Waals surface area contributed by atoms with E-state index in [9.17, 15) is 9.90 Å². The largest absolute Gasteiger partial charge is 0.476 e. The number of aromatic nitrogens is 2. The number of hydrogen-bond acceptors (Lipinski definition) is 4. The number of imidazole rings is 1. The van der Waals surface area contributed by atoms with E-state index in [4.69, 9.17) is 0 Å². The number of aromatic carboxylic acids is 1. The lowest BCUT2D eigenvalue weighted by Gasteiger charge is -2.02. The van der Waals surface area contributed by atoms with Crippen molar-refractivity contribution in [3.63, 3.8) is 0 Å². The Morgan fingerprint density at radius 2 is 2.41 bits per heavy atom. The molecule has 0 saturated heterocycles. The zero-order chi connectivity index (χ0) is 12.3. The molecule has 0 bridgehead atoms. The third-order valence-corrected chi connectivity index (χ3v) is 2.94. The molecule has 0 fully saturated rings. The van der Waals surface area contributed by atoms with Crippen LogP contribution in [0.1, 0.15) is 10.5 Å². The Balaban J connectivity index is 2.39. The number of rotatable bonds is 5. The zero-order valence-electron chi connectivity index (χ0n) is 9.38. The van der Waals surface area contributed by atoms with Gasteiger partial charge in [0.2, 0.25) is 0 Å². The lowest BCUT2D eigenvalue weighted by atomic mass is 10.4. The fourth-order valence-electron chi connectivity index (χ4n) is 1.59. The third-order valence-electron chi connectivity index (χ3n) is 2.33. The number of pyridine rings is 1. The van der Waals surface area contributed by atoms with E-state index < -0.39 is 5.97 Å². The van der Waals surface area contributed by atoms with E-state index in [2.05, 4.69) is 10.3 Å². The van der Waals surface area contributed by atoms with Crippen molar-refractivity contribution in [3.8, 4) is 0 Å². The van der Waals surface area contributed by atoms with E-state index >= 15 is 0 Å². The number of hydrogen-bond donors (Lipinski definition) is 2. The maximum atomic E-state index is 11.2. The van der Waals surface area contributed by atoms with Crippen LogP contribution in [0.2, 0.25) is 0 Å². The molecule has 0 aliphatic carbocycles. The van der Waals surface area contributed by atoms with Crippen LogP contribution in [-0.2, 0) is 0 Å². The van der Waals surface area contributed by atoms with Crippen molar-refractivity contribution in [3.05, 3.63) is 30.1 Å². The summed E-state index contributed by atoms with van der Waals surface area (Å²) in [6, 6.07) is 5.40. The van der Waals surface area contributed by atoms with Gasteiger partial charge in [0.1, 0.15) is 5.65 Å². The smallest absolute Gasteiger partial charge is 0.356 e. The number of thioether (sulfide) groups is 1. The maximum absolute atomic E-state index is 11.2. The zero-order valence-corrected chi connectivity index (χ0v) is 10.2. The van der Waals surface area contributed by atoms with E-state index in [1.165, 1.54) is 0 Å². The lowest BCUT2D eigenvalue weighted by molar-refractivity contribution is 0.0690. The first-order valence-electron chi connectivity index (χ1n) is 5.17. The van der Waals surface area contributed by atoms with Crippen molar-refractivity contribution < 1.29 is 9.90 Å². The molecule has 0 amide bonds. The van der Waals surface area contributed by atoms with Crippen LogP contribution in [-0.4, -0.2) is 39.0 Å². The molecule has 6 heteroatoms. The van der Waals surface area contributed by atoms with Gasteiger partial charge in [0, 0.05) is 18.5 Å². The Kier molecular flexibility index (Phi) is 3.53. The maximum Gasteiger partial charge on any atom is 0.356 e. The number of carboxylic acids is 1. The molecule has 2 aromatic heterocycles. The van der Waals surface area contributed by atoms with Crippen molar-refractivity contribution in [1.82, 2.24) is 9.38 Å². The molecule has 2 heterocycles. The molecular formula is C11H13N3O2S. The third kappa shape index (κ3) is 2.36. The van der Waals surface area contributed by atoms with Gasteiger partial charge in [0.25, 0.3) is 0 Å². The molecule has 0 aromatic carbocycles. The van der Waals surface area contributed by atoms with Gasteiger partial charge >= 0.3 is 5.97 Å². The lowest BCUT2D eigenvalue weighted by Crippen LogP contribution is -2.10. The summed E-state index contributed by atoms with van der Waals surface area (Å²) in [6.07, 6.45) is 3.70. The molecule has 5 nitrogen and oxygen atoms in total. The summed E-state index contributed by atoms with van der Waals surface area (Å²) in [5, 5.41) is 12.3. The van der Waals surface area contributed by atoms with Gasteiger partial charge in [-0.1, -0.05) is 6.07 Å². The Bertz CT molecular complexity index is 538. The predicted molar refractivity (Wildman–Crippen MR) is 69.0 cm³/mol. The highest BCUT2D eigenvalue weighted by Crippen LogP contribution is 2.17. The highest BCUT2D eigenvalue weighted by Gasteiger charge is 2.17. The average molecular weight is 251 g/mol. The minimum Gasteiger partial charge on any atom is -0.476 e. The van der Waals surface area contributed by atoms with Crippen molar-refractivity contribution in [2.45, 2.75) is 0 Å². The van der Waals surface area contributed by atoms with Crippen LogP contribution in [0.3, 0.4) is 0 Å². The van der Waals surface area contributed by atoms with Gasteiger partial charge in [-0.25, -0.2) is 9.78 Å². The molecule has 90 valence electrons. The van der Waals surface area contributed by atoms with Crippen LogP contribution in [0.4, 0.5) is 5.82 Å². The number of carbonyl (C=O) groups is 1. The van der Waals surface area contributed by atoms with Gasteiger partial charge in [0.05, 0.1) is 0 Å². The first-order chi connectivity index (χ1) is 8.24. The molecule has 2 N–H and O–H groups in total. The topological polar surface area (TPSA) is 66.6 Å². The Hall–Kier alpha value is -1.69. The van der Waals surface area contributed by atoms with E-state index in [0.29, 0.717) is 18.0 Å². The molecule has 0 atom stereocenters. The fourth-order valence-corrected chi connectivity index (χ4v) is 1.90. The Morgan fingerprint density at radius 3 is 3.12 bits per heavy atom. The molecule has 0 spiro atoms. The van der Waals surface area contributed by atoms with E-state index in [-0.39, 0.29) is 5.69 Å². The summed E-state index contributed by atoms with van der Waals surface area (Å²) in [6.45, 7) is 0.700. The van der Waals surface area contributed by atoms with E-state index in [1.54, 1.807) is 34.5 Å². The van der Waals surface area contributed by atoms with Crippen LogP contribution in [0.25, 0.3) is 5.65 Å². The molecule has 0 unspecified atom stereocenters. The highest BCUT2D eigenvalue weighted by molar-refractivity contribution is 7.98. The Morgan fingerprint density at radius 1 is 1.59 bits per heavy atom. The molecular weight excluding hydrogens is 238 g/mol. The second kappa shape index (κ2) is 5.09. The monoisotopic (exact) mass is 251 g/mol. The van der Waals surface area contributed by atoms with Crippen LogP contribution >= 0.6 is 11.8 Å². The first kappa shape index (κ1) is 11.8. The number of fused-ring (bicyclic) bond motifs is 1. The summed E-state index contributed by atoms with van der Waals surface area (Å²) in [5.41, 5.74) is 0.818. The molecule has 0 aliphatic rings. The molecule has 17 heavy (non-hydrogen) atoms. The average Bonchev–Trinajstić information content (AvgIpc) is 2.67. The first-order valence-corrected chi connectivity index (χ1v) is 6.56. The van der Waals surface area contributed by atoms with Crippen molar-refractivity contribution in [2.75, 3.05) is 23.9 Å². The van der Waals surface area contributed by atoms with Gasteiger partial charge in [-0.05, 0) is 18.4 Å². The van der Waals surface area contributed by atoms with Crippen molar-refractivity contribution in [2.24, 2.45) is 0 Å². The van der Waals surface area contributed by atoms with Gasteiger partial charge in [-0.2, -0.15) is 11.8 Å². The highest BCUT2D eigenvalue weighted by atomic mass is 32.2. The summed E-state index contributed by atoms with van der Waals surface area (Å²) in [7, 11) is 0. The Labute approximate surface area is 103 Å². The fraction of sp³-hybridized carbons (Fsp3) is 0.273. The van der Waals surface area contributed by atoms with Crippen LogP contribution in [0.15, 0.2) is 24.4 Å². The summed E-state index contributed by atoms with van der Waals surface area (Å²) < 4.78 is 1.57. The standard InChI is InChI=1S/C11H13N3O2S/c1-17-7-5-12-10-9(11(15)16)14-6-3-2-4-8(14)13-10/h2-4,6,12H,5,7H2,1H3,(H,15,16). The molecule has 2 aromatic rings. The molecule has 2 rings (SSSR count). The van der Waals surface area contributed by atoms with Crippen molar-refractivity contribution in [1.29, 1.82) is 0 Å². The minimum absolute atomic E-state index is 0.182. The van der Waals surface area contributed by atoms with Gasteiger partial charge in [0.15, 0.2) is 11.5 Å². The van der Waals surface area contributed by atoms with Gasteiger partial charge in [-0.3, -0.25) is 4.40 Å². The van der Waals surface area contributed by atoms with Crippen LogP contribution < -0.4 is 5.32 Å². The van der Waals surface area contributed by atoms with Gasteiger partial charge < -0.3 is 10.4 Å². The second-order valence-corrected chi connectivity index (χ2v) is 4.45. The number of nitrogens with one attached hydrogen (secondary N) is 1. The number of anilines is 1. The van der Waals surface area contributed by atoms with Crippen molar-refractivity contribution >= 4 is 29.2 Å². The molecule has 0 aliphatic heterocycles. The van der Waals surface area contributed by atoms with E-state index in [0.717, 1.165) is 5.75 Å². The molecule has 0 radical (unpaired) electrons. The predicted octanol–water partition coefficient (Wildman–Crippen LogP) is 1.81. The second-order valence-electron chi connectivity index (χ2n) is 3.46. The molecule has 0 saturated carbocycles. The number of nitrogens with zero attached hydrogens (tertiary/aromatic N) is 2. The summed E-state index contributed by atoms with van der Waals surface area (Å²) >= 11 is 1.70. The van der Waals surface area contributed by atoms with Crippen LogP contribution in [0, 0.1) is 0 Å². The minimum atomic E-state index is -0.977. The number of carboxylic acid groups (broad SMARTS) is 1. The van der Waals surface area contributed by atoms with Gasteiger partial charge in [-0.15, -0.1) is 0 Å². The SMILES string of the molecule is CSCCNc1nc2ccccn2c1C(=O)O. The quantitative estimate of drug-likeness (QED) is 0.793. The van der Waals surface area contributed by atoms with Crippen LogP contribution in [0.5, 0.6) is 0 Å². The summed E-state index contributed by atoms with van der Waals surface area (Å²) in [5.74, 6) is 0.362. The normalized spacial score (nSPS) is 10.6. The summed E-state index contributed by atoms with van der Waals surface area (Å²) in [4.78, 5) is 15.5. The van der Waals surface area contributed by atoms with E-state index in [1.807, 2.05) is 12.3 Å².